The van der Waals surface area contributed by atoms with E-state index in [1.54, 1.807) is 12.1 Å². The zero-order valence-electron chi connectivity index (χ0n) is 43.5. The highest BCUT2D eigenvalue weighted by molar-refractivity contribution is 6.09. The van der Waals surface area contributed by atoms with E-state index >= 15 is 0 Å². The number of hydrogen-bond acceptors (Lipinski definition) is 9. The second kappa shape index (κ2) is 25.0. The van der Waals surface area contributed by atoms with Crippen molar-refractivity contribution < 1.29 is 43.4 Å². The molecule has 0 fully saturated rings. The van der Waals surface area contributed by atoms with Crippen LogP contribution in [-0.4, -0.2) is 10.2 Å². The van der Waals surface area contributed by atoms with Crippen LogP contribution in [0.25, 0.3) is 32.7 Å². The van der Waals surface area contributed by atoms with Gasteiger partial charge in [-0.15, -0.1) is 0 Å². The summed E-state index contributed by atoms with van der Waals surface area (Å²) in [6.07, 6.45) is 0. The number of rotatable bonds is 23. The van der Waals surface area contributed by atoms with Crippen molar-refractivity contribution in [1.82, 2.24) is 0 Å². The van der Waals surface area contributed by atoms with Crippen LogP contribution >= 0.6 is 0 Å². The maximum absolute atomic E-state index is 11.2. The smallest absolute Gasteiger partial charge is 0.124 e. The zero-order chi connectivity index (χ0) is 53.6. The Hall–Kier alpha value is -9.70. The van der Waals surface area contributed by atoms with E-state index in [1.807, 2.05) is 224 Å². The van der Waals surface area contributed by atoms with Crippen LogP contribution in [0.4, 0.5) is 0 Å². The van der Waals surface area contributed by atoms with Crippen LogP contribution in [0.5, 0.6) is 46.0 Å². The average Bonchev–Trinajstić information content (AvgIpc) is 3.60. The van der Waals surface area contributed by atoms with Gasteiger partial charge in [-0.05, 0) is 121 Å². The highest BCUT2D eigenvalue weighted by Gasteiger charge is 2.18. The van der Waals surface area contributed by atoms with Gasteiger partial charge in [-0.2, -0.15) is 0 Å². The van der Waals surface area contributed by atoms with Gasteiger partial charge in [0, 0.05) is 29.3 Å². The number of hydrogen-bond donors (Lipinski definition) is 2. The van der Waals surface area contributed by atoms with Crippen LogP contribution in [-0.2, 0) is 57.6 Å². The fourth-order valence-electron chi connectivity index (χ4n) is 9.47. The lowest BCUT2D eigenvalue weighted by molar-refractivity contribution is 0.107. The van der Waals surface area contributed by atoms with Gasteiger partial charge in [-0.1, -0.05) is 170 Å². The van der Waals surface area contributed by atoms with Gasteiger partial charge >= 0.3 is 0 Å². The molecule has 79 heavy (non-hydrogen) atoms. The molecular weight excluding hydrogens is 985 g/mol. The van der Waals surface area contributed by atoms with Crippen molar-refractivity contribution in [3.63, 3.8) is 0 Å². The summed E-state index contributed by atoms with van der Waals surface area (Å²) >= 11 is 0. The maximum Gasteiger partial charge on any atom is 0.124 e. The standard InChI is InChI=1S/C70H58O9/c71-67-29-26-57-23-13-14-24-65(57)69(67)70-66-28-25-53(31-58(66)27-30-68(70)72)41-73-42-54-32-59(78-47-55-34-61(74-43-49-15-5-1-6-16-49)39-62(35-55)75-44-50-17-7-2-8-18-50)38-60(33-54)79-48-56-36-63(76-45-51-19-9-3-10-20-51)40-64(37-56)77-46-52-21-11-4-12-22-52/h1-40,71-72H,41-48H2. The van der Waals surface area contributed by atoms with Gasteiger partial charge in [-0.3, -0.25) is 0 Å². The molecule has 0 unspecified atom stereocenters. The summed E-state index contributed by atoms with van der Waals surface area (Å²) in [7, 11) is 0. The lowest BCUT2D eigenvalue weighted by atomic mass is 9.92. The molecule has 11 aromatic rings. The first-order valence-corrected chi connectivity index (χ1v) is 26.3. The molecule has 392 valence electrons. The van der Waals surface area contributed by atoms with Gasteiger partial charge in [0.2, 0.25) is 0 Å². The van der Waals surface area contributed by atoms with Gasteiger partial charge in [0.25, 0.3) is 0 Å². The van der Waals surface area contributed by atoms with E-state index in [0.29, 0.717) is 78.7 Å². The van der Waals surface area contributed by atoms with E-state index in [-0.39, 0.29) is 31.3 Å². The van der Waals surface area contributed by atoms with Crippen LogP contribution < -0.4 is 28.4 Å². The third-order valence-corrected chi connectivity index (χ3v) is 13.4. The highest BCUT2D eigenvalue weighted by atomic mass is 16.5. The topological polar surface area (TPSA) is 105 Å². The molecule has 11 rings (SSSR count). The molecule has 0 radical (unpaired) electrons. The average molecular weight is 1040 g/mol. The van der Waals surface area contributed by atoms with E-state index in [9.17, 15) is 10.2 Å². The van der Waals surface area contributed by atoms with Crippen molar-refractivity contribution in [2.24, 2.45) is 0 Å². The summed E-state index contributed by atoms with van der Waals surface area (Å²) in [5.74, 6) is 4.00. The zero-order valence-corrected chi connectivity index (χ0v) is 43.5. The fraction of sp³-hybridized carbons (Fsp3) is 0.114. The summed E-state index contributed by atoms with van der Waals surface area (Å²) in [4.78, 5) is 0. The number of phenols is 2. The molecule has 2 N–H and O–H groups in total. The van der Waals surface area contributed by atoms with Crippen molar-refractivity contribution in [3.8, 4) is 57.1 Å². The molecule has 11 aromatic carbocycles. The molecule has 0 bridgehead atoms. The number of aromatic hydroxyl groups is 2. The number of benzene rings is 11. The molecule has 0 saturated carbocycles. The third kappa shape index (κ3) is 13.7. The van der Waals surface area contributed by atoms with Crippen molar-refractivity contribution in [2.45, 2.75) is 52.9 Å². The Morgan fingerprint density at radius 3 is 0.949 bits per heavy atom. The summed E-state index contributed by atoms with van der Waals surface area (Å²) in [5.41, 5.74) is 8.88. The molecule has 9 heteroatoms. The van der Waals surface area contributed by atoms with Gasteiger partial charge in [0.15, 0.2) is 0 Å². The Balaban J connectivity index is 0.851. The minimum atomic E-state index is 0.0881. The van der Waals surface area contributed by atoms with Crippen LogP contribution in [0.15, 0.2) is 243 Å². The Morgan fingerprint density at radius 2 is 0.544 bits per heavy atom. The normalized spacial score (nSPS) is 11.1. The second-order valence-corrected chi connectivity index (χ2v) is 19.3. The first-order chi connectivity index (χ1) is 38.9. The number of ether oxygens (including phenoxy) is 7. The third-order valence-electron chi connectivity index (χ3n) is 13.4. The molecule has 0 aliphatic heterocycles. The predicted molar refractivity (Wildman–Crippen MR) is 310 cm³/mol. The van der Waals surface area contributed by atoms with Crippen molar-refractivity contribution in [1.29, 1.82) is 0 Å². The highest BCUT2D eigenvalue weighted by Crippen LogP contribution is 2.45. The first-order valence-electron chi connectivity index (χ1n) is 26.3. The van der Waals surface area contributed by atoms with Crippen molar-refractivity contribution >= 4 is 21.5 Å². The van der Waals surface area contributed by atoms with Crippen LogP contribution in [0.3, 0.4) is 0 Å². The largest absolute Gasteiger partial charge is 0.507 e. The van der Waals surface area contributed by atoms with E-state index in [1.165, 1.54) is 0 Å². The molecule has 0 atom stereocenters. The maximum atomic E-state index is 11.2. The Kier molecular flexibility index (Phi) is 16.3. The van der Waals surface area contributed by atoms with Crippen LogP contribution in [0.2, 0.25) is 0 Å². The minimum absolute atomic E-state index is 0.0881. The molecule has 9 nitrogen and oxygen atoms in total. The predicted octanol–water partition coefficient (Wildman–Crippen LogP) is 16.3. The van der Waals surface area contributed by atoms with Gasteiger partial charge in [0.05, 0.1) is 13.2 Å². The molecule has 0 aliphatic rings. The van der Waals surface area contributed by atoms with Crippen molar-refractivity contribution in [3.05, 3.63) is 287 Å². The van der Waals surface area contributed by atoms with Gasteiger partial charge in [-0.25, -0.2) is 0 Å². The van der Waals surface area contributed by atoms with E-state index in [0.717, 1.165) is 66.1 Å². The molecule has 0 heterocycles. The monoisotopic (exact) mass is 1040 g/mol. The van der Waals surface area contributed by atoms with Crippen LogP contribution in [0.1, 0.15) is 44.5 Å². The minimum Gasteiger partial charge on any atom is -0.507 e. The summed E-state index contributed by atoms with van der Waals surface area (Å²) < 4.78 is 45.0. The Morgan fingerprint density at radius 1 is 0.228 bits per heavy atom. The van der Waals surface area contributed by atoms with Gasteiger partial charge < -0.3 is 43.4 Å². The van der Waals surface area contributed by atoms with E-state index in [4.69, 9.17) is 33.2 Å². The van der Waals surface area contributed by atoms with Crippen molar-refractivity contribution in [2.75, 3.05) is 0 Å². The molecule has 0 aromatic heterocycles. The lowest BCUT2D eigenvalue weighted by Gasteiger charge is -2.16. The summed E-state index contributed by atoms with van der Waals surface area (Å²) in [6, 6.07) is 78.8. The molecule has 0 amide bonds. The van der Waals surface area contributed by atoms with E-state index in [2.05, 4.69) is 6.07 Å². The molecule has 0 aliphatic carbocycles. The van der Waals surface area contributed by atoms with Gasteiger partial charge in [0.1, 0.15) is 85.6 Å². The fourth-order valence-corrected chi connectivity index (χ4v) is 9.47. The van der Waals surface area contributed by atoms with E-state index < -0.39 is 0 Å². The lowest BCUT2D eigenvalue weighted by Crippen LogP contribution is -2.03. The Labute approximate surface area is 460 Å². The quantitative estimate of drug-likeness (QED) is 0.0648. The molecular formula is C70H58O9. The summed E-state index contributed by atoms with van der Waals surface area (Å²) in [6.45, 7) is 2.56. The number of phenolic OH excluding ortho intramolecular Hbond substituents is 2. The SMILES string of the molecule is Oc1ccc2ccccc2c1-c1c(O)ccc2cc(COCc3cc(OCc4cc(OCc5ccccc5)cc(OCc5ccccc5)c4)cc(OCc4cc(OCc5ccccc5)cc(OCc5ccccc5)c4)c3)ccc12. The molecule has 0 spiro atoms. The first kappa shape index (κ1) is 51.4. The number of fused-ring (bicyclic) bond motifs is 2. The summed E-state index contributed by atoms with van der Waals surface area (Å²) in [5, 5.41) is 25.9. The Bertz CT molecular complexity index is 3510. The molecule has 0 saturated heterocycles. The van der Waals surface area contributed by atoms with Crippen LogP contribution in [0, 0.1) is 0 Å². The second-order valence-electron chi connectivity index (χ2n) is 19.3.